The van der Waals surface area contributed by atoms with Crippen molar-refractivity contribution < 1.29 is 27.9 Å². The lowest BCUT2D eigenvalue weighted by molar-refractivity contribution is -0.123. The number of carbonyl (C=O) groups is 3. The zero-order valence-electron chi connectivity index (χ0n) is 19.1. The third-order valence-electron chi connectivity index (χ3n) is 5.84. The first kappa shape index (κ1) is 25.1. The van der Waals surface area contributed by atoms with E-state index >= 15 is 0 Å². The molecule has 0 radical (unpaired) electrons. The smallest absolute Gasteiger partial charge is 0.257 e. The summed E-state index contributed by atoms with van der Waals surface area (Å²) in [6.07, 6.45) is 1.99. The van der Waals surface area contributed by atoms with Gasteiger partial charge in [-0.15, -0.1) is 0 Å². The van der Waals surface area contributed by atoms with Gasteiger partial charge in [0.2, 0.25) is 11.8 Å². The molecule has 1 fully saturated rings. The Morgan fingerprint density at radius 1 is 1.00 bits per heavy atom. The van der Waals surface area contributed by atoms with Crippen LogP contribution < -0.4 is 15.4 Å². The fraction of sp³-hybridized carbons (Fsp3) is 0.400. The minimum Gasteiger partial charge on any atom is -0.491 e. The number of amides is 3. The highest BCUT2D eigenvalue weighted by Crippen LogP contribution is 2.26. The van der Waals surface area contributed by atoms with Crippen molar-refractivity contribution >= 4 is 17.7 Å². The molecule has 0 aromatic heterocycles. The molecule has 182 valence electrons. The van der Waals surface area contributed by atoms with E-state index in [2.05, 4.69) is 10.6 Å². The van der Waals surface area contributed by atoms with Gasteiger partial charge in [-0.1, -0.05) is 30.3 Å². The van der Waals surface area contributed by atoms with E-state index in [-0.39, 0.29) is 36.4 Å². The minimum atomic E-state index is -1.12. The molecule has 3 rings (SSSR count). The van der Waals surface area contributed by atoms with E-state index in [0.29, 0.717) is 38.8 Å². The molecule has 0 aliphatic carbocycles. The molecule has 0 spiro atoms. The van der Waals surface area contributed by atoms with E-state index in [4.69, 9.17) is 4.74 Å². The molecule has 1 heterocycles. The van der Waals surface area contributed by atoms with Crippen molar-refractivity contribution in [2.24, 2.45) is 0 Å². The first-order chi connectivity index (χ1) is 16.4. The summed E-state index contributed by atoms with van der Waals surface area (Å²) in [4.78, 5) is 39.1. The van der Waals surface area contributed by atoms with Gasteiger partial charge >= 0.3 is 0 Å². The predicted molar refractivity (Wildman–Crippen MR) is 122 cm³/mol. The van der Waals surface area contributed by atoms with Crippen molar-refractivity contribution in [2.75, 3.05) is 33.3 Å². The topological polar surface area (TPSA) is 87.7 Å². The van der Waals surface area contributed by atoms with Gasteiger partial charge in [0, 0.05) is 26.1 Å². The third kappa shape index (κ3) is 6.52. The summed E-state index contributed by atoms with van der Waals surface area (Å²) in [5.41, 5.74) is 0.703. The maximum Gasteiger partial charge on any atom is 0.257 e. The first-order valence-electron chi connectivity index (χ1n) is 11.3. The molecule has 2 aromatic rings. The Labute approximate surface area is 197 Å². The summed E-state index contributed by atoms with van der Waals surface area (Å²) < 4.78 is 33.2. The van der Waals surface area contributed by atoms with Gasteiger partial charge in [0.1, 0.15) is 0 Å². The van der Waals surface area contributed by atoms with Crippen LogP contribution in [0.1, 0.15) is 47.5 Å². The van der Waals surface area contributed by atoms with E-state index in [1.165, 1.54) is 4.90 Å². The van der Waals surface area contributed by atoms with E-state index in [1.54, 1.807) is 0 Å². The summed E-state index contributed by atoms with van der Waals surface area (Å²) in [6.45, 7) is 0.483. The van der Waals surface area contributed by atoms with Crippen molar-refractivity contribution in [3.63, 3.8) is 0 Å². The van der Waals surface area contributed by atoms with Gasteiger partial charge in [-0.3, -0.25) is 14.4 Å². The normalized spacial score (nSPS) is 18.4. The second-order valence-electron chi connectivity index (χ2n) is 8.16. The molecule has 3 amide bonds. The number of halogens is 2. The molecule has 1 aliphatic rings. The zero-order chi connectivity index (χ0) is 24.5. The highest BCUT2D eigenvalue weighted by Gasteiger charge is 2.25. The Bertz CT molecular complexity index is 1020. The molecular weight excluding hydrogens is 444 g/mol. The number of benzene rings is 2. The molecule has 1 unspecified atom stereocenters. The van der Waals surface area contributed by atoms with Gasteiger partial charge in [-0.25, -0.2) is 8.78 Å². The van der Waals surface area contributed by atoms with E-state index < -0.39 is 23.3 Å². The van der Waals surface area contributed by atoms with E-state index in [1.807, 2.05) is 30.3 Å². The number of methoxy groups -OCH3 is 1. The lowest BCUT2D eigenvalue weighted by Crippen LogP contribution is -2.43. The van der Waals surface area contributed by atoms with E-state index in [9.17, 15) is 23.2 Å². The molecule has 7 nitrogen and oxygen atoms in total. The van der Waals surface area contributed by atoms with Gasteiger partial charge in [0.25, 0.3) is 5.91 Å². The molecule has 1 saturated heterocycles. The molecule has 0 bridgehead atoms. The van der Waals surface area contributed by atoms with Crippen LogP contribution in [0.2, 0.25) is 0 Å². The van der Waals surface area contributed by atoms with Crippen molar-refractivity contribution in [3.8, 4) is 5.75 Å². The maximum atomic E-state index is 14.7. The largest absolute Gasteiger partial charge is 0.491 e. The Morgan fingerprint density at radius 3 is 2.47 bits per heavy atom. The van der Waals surface area contributed by atoms with Gasteiger partial charge in [0.05, 0.1) is 19.2 Å². The van der Waals surface area contributed by atoms with Gasteiger partial charge < -0.3 is 20.3 Å². The molecule has 9 heteroatoms. The van der Waals surface area contributed by atoms with Crippen LogP contribution >= 0.6 is 0 Å². The number of carbonyl (C=O) groups excluding carboxylic acids is 3. The van der Waals surface area contributed by atoms with Gasteiger partial charge in [-0.05, 0) is 42.9 Å². The minimum absolute atomic E-state index is 0.0887. The Morgan fingerprint density at radius 2 is 1.74 bits per heavy atom. The third-order valence-corrected chi connectivity index (χ3v) is 5.84. The van der Waals surface area contributed by atoms with Gasteiger partial charge in [-0.2, -0.15) is 0 Å². The Balaban J connectivity index is 1.75. The first-order valence-corrected chi connectivity index (χ1v) is 11.3. The zero-order valence-corrected chi connectivity index (χ0v) is 19.1. The molecule has 2 N–H and O–H groups in total. The van der Waals surface area contributed by atoms with Crippen LogP contribution in [-0.4, -0.2) is 55.9 Å². The summed E-state index contributed by atoms with van der Waals surface area (Å²) in [5, 5.41) is 5.65. The van der Waals surface area contributed by atoms with Crippen molar-refractivity contribution in [2.45, 2.75) is 31.6 Å². The standard InChI is InChI=1S/C25H29F2N3O4/c1-34-24-20(26)10-9-19(23(24)27)25(33)30-15-5-13-28-21(31)11-8-18(12-14-29-22(32)16-30)17-6-3-2-4-7-17/h2-4,6-7,9-10,18H,5,8,11-16H2,1H3,(H,28,31)(H,29,32). The van der Waals surface area contributed by atoms with Crippen molar-refractivity contribution in [1.29, 1.82) is 0 Å². The number of ether oxygens (including phenoxy) is 1. The highest BCUT2D eigenvalue weighted by atomic mass is 19.1. The Hall–Kier alpha value is -3.49. The predicted octanol–water partition coefficient (Wildman–Crippen LogP) is 3.01. The van der Waals surface area contributed by atoms with Crippen molar-refractivity contribution in [3.05, 3.63) is 65.2 Å². The summed E-state index contributed by atoms with van der Waals surface area (Å²) >= 11 is 0. The second-order valence-corrected chi connectivity index (χ2v) is 8.16. The Kier molecular flexibility index (Phi) is 8.95. The van der Waals surface area contributed by atoms with Crippen molar-refractivity contribution in [1.82, 2.24) is 15.5 Å². The molecule has 2 aromatic carbocycles. The summed E-state index contributed by atoms with van der Waals surface area (Å²) in [6, 6.07) is 11.8. The van der Waals surface area contributed by atoms with Crippen LogP contribution in [0.3, 0.4) is 0 Å². The fourth-order valence-corrected chi connectivity index (χ4v) is 4.02. The SMILES string of the molecule is COc1c(F)ccc(C(=O)N2CCCNC(=O)CCC(c3ccccc3)CCNC(=O)C2)c1F. The second kappa shape index (κ2) is 12.1. The maximum absolute atomic E-state index is 14.7. The lowest BCUT2D eigenvalue weighted by atomic mass is 9.91. The fourth-order valence-electron chi connectivity index (χ4n) is 4.02. The monoisotopic (exact) mass is 473 g/mol. The lowest BCUT2D eigenvalue weighted by Gasteiger charge is -2.24. The molecule has 34 heavy (non-hydrogen) atoms. The van der Waals surface area contributed by atoms with Crippen LogP contribution in [0.5, 0.6) is 5.75 Å². The van der Waals surface area contributed by atoms with Crippen LogP contribution in [0, 0.1) is 11.6 Å². The number of nitrogens with zero attached hydrogens (tertiary/aromatic N) is 1. The highest BCUT2D eigenvalue weighted by molar-refractivity contribution is 5.97. The number of hydrogen-bond acceptors (Lipinski definition) is 4. The molecule has 1 atom stereocenters. The van der Waals surface area contributed by atoms with Crippen LogP contribution in [0.4, 0.5) is 8.78 Å². The number of rotatable bonds is 3. The summed E-state index contributed by atoms with van der Waals surface area (Å²) in [7, 11) is 1.11. The molecule has 0 saturated carbocycles. The quantitative estimate of drug-likeness (QED) is 0.718. The number of nitrogens with one attached hydrogen (secondary N) is 2. The van der Waals surface area contributed by atoms with Crippen LogP contribution in [-0.2, 0) is 9.59 Å². The molecular formula is C25H29F2N3O4. The average molecular weight is 474 g/mol. The van der Waals surface area contributed by atoms with Gasteiger partial charge in [0.15, 0.2) is 17.4 Å². The molecule has 1 aliphatic heterocycles. The van der Waals surface area contributed by atoms with Crippen LogP contribution in [0.15, 0.2) is 42.5 Å². The van der Waals surface area contributed by atoms with Crippen LogP contribution in [0.25, 0.3) is 0 Å². The summed E-state index contributed by atoms with van der Waals surface area (Å²) in [5.74, 6) is -3.83. The number of hydrogen-bond donors (Lipinski definition) is 2. The van der Waals surface area contributed by atoms with E-state index in [0.717, 1.165) is 24.8 Å². The average Bonchev–Trinajstić information content (AvgIpc) is 2.83.